The quantitative estimate of drug-likeness (QED) is 0.551. The van der Waals surface area contributed by atoms with Gasteiger partial charge in [-0.05, 0) is 49.4 Å². The third-order valence-corrected chi connectivity index (χ3v) is 8.81. The van der Waals surface area contributed by atoms with Gasteiger partial charge < -0.3 is 9.26 Å². The normalized spacial score (nSPS) is 17.9. The summed E-state index contributed by atoms with van der Waals surface area (Å²) in [4.78, 5) is 18.9. The van der Waals surface area contributed by atoms with Gasteiger partial charge in [0.15, 0.2) is 12.4 Å². The number of fused-ring (bicyclic) bond motifs is 2. The standard InChI is InChI=1S/C24H24N4O5S/c1-15-11-19-20(12-21(15)34(30,31)28-10-9-16-5-2-3-8-18(16)28)32-14-23(29)27(19)13-22-25-24(33-26-22)17-6-4-7-17/h2-3,5,8,11-12,17H,4,6-7,9-10,13-14H2,1H3. The van der Waals surface area contributed by atoms with E-state index >= 15 is 0 Å². The number of carbonyl (C=O) groups excluding carboxylic acids is 1. The Hall–Kier alpha value is -3.40. The summed E-state index contributed by atoms with van der Waals surface area (Å²) in [5, 5.41) is 4.05. The van der Waals surface area contributed by atoms with Gasteiger partial charge in [0.2, 0.25) is 5.89 Å². The van der Waals surface area contributed by atoms with Crippen molar-refractivity contribution < 1.29 is 22.5 Å². The second-order valence-electron chi connectivity index (χ2n) is 8.99. The molecule has 176 valence electrons. The number of sulfonamides is 1. The van der Waals surface area contributed by atoms with Crippen LogP contribution < -0.4 is 13.9 Å². The van der Waals surface area contributed by atoms with Gasteiger partial charge in [0.25, 0.3) is 15.9 Å². The number of para-hydroxylation sites is 1. The van der Waals surface area contributed by atoms with Crippen LogP contribution in [-0.2, 0) is 27.8 Å². The van der Waals surface area contributed by atoms with Gasteiger partial charge in [-0.2, -0.15) is 4.98 Å². The van der Waals surface area contributed by atoms with Crippen molar-refractivity contribution in [3.8, 4) is 5.75 Å². The summed E-state index contributed by atoms with van der Waals surface area (Å²) < 4.78 is 39.7. The van der Waals surface area contributed by atoms with Gasteiger partial charge in [-0.15, -0.1) is 0 Å². The highest BCUT2D eigenvalue weighted by atomic mass is 32.2. The van der Waals surface area contributed by atoms with Crippen LogP contribution in [0.1, 0.15) is 48.0 Å². The summed E-state index contributed by atoms with van der Waals surface area (Å²) in [6.45, 7) is 2.08. The predicted molar refractivity (Wildman–Crippen MR) is 123 cm³/mol. The number of rotatable bonds is 5. The zero-order chi connectivity index (χ0) is 23.4. The molecule has 0 spiro atoms. The zero-order valence-electron chi connectivity index (χ0n) is 18.7. The van der Waals surface area contributed by atoms with Gasteiger partial charge in [0.05, 0.1) is 22.8 Å². The third-order valence-electron chi connectivity index (χ3n) is 6.85. The molecule has 2 aromatic carbocycles. The van der Waals surface area contributed by atoms with E-state index in [2.05, 4.69) is 10.1 Å². The molecule has 9 nitrogen and oxygen atoms in total. The van der Waals surface area contributed by atoms with Crippen LogP contribution in [0.25, 0.3) is 0 Å². The van der Waals surface area contributed by atoms with E-state index in [1.54, 1.807) is 13.0 Å². The number of ether oxygens (including phenoxy) is 1. The molecule has 1 saturated carbocycles. The lowest BCUT2D eigenvalue weighted by Crippen LogP contribution is -2.39. The number of aryl methyl sites for hydroxylation is 1. The highest BCUT2D eigenvalue weighted by Gasteiger charge is 2.35. The minimum absolute atomic E-state index is 0.135. The van der Waals surface area contributed by atoms with Crippen molar-refractivity contribution in [2.24, 2.45) is 0 Å². The molecule has 0 atom stereocenters. The fourth-order valence-corrected chi connectivity index (χ4v) is 6.48. The molecule has 3 heterocycles. The van der Waals surface area contributed by atoms with E-state index in [-0.39, 0.29) is 24.0 Å². The second-order valence-corrected chi connectivity index (χ2v) is 10.8. The first-order valence-corrected chi connectivity index (χ1v) is 12.9. The molecule has 1 amide bonds. The van der Waals surface area contributed by atoms with E-state index in [0.29, 0.717) is 53.3 Å². The van der Waals surface area contributed by atoms with Gasteiger partial charge in [0, 0.05) is 18.5 Å². The van der Waals surface area contributed by atoms with Crippen molar-refractivity contribution in [3.63, 3.8) is 0 Å². The van der Waals surface area contributed by atoms with Crippen molar-refractivity contribution in [2.75, 3.05) is 22.4 Å². The number of aromatic nitrogens is 2. The van der Waals surface area contributed by atoms with Crippen molar-refractivity contribution in [2.45, 2.75) is 50.0 Å². The lowest BCUT2D eigenvalue weighted by atomic mass is 9.85. The van der Waals surface area contributed by atoms with Crippen LogP contribution in [0.5, 0.6) is 5.75 Å². The van der Waals surface area contributed by atoms with Crippen LogP contribution in [0, 0.1) is 6.92 Å². The molecule has 1 aliphatic carbocycles. The minimum atomic E-state index is -3.80. The number of hydrogen-bond acceptors (Lipinski definition) is 7. The summed E-state index contributed by atoms with van der Waals surface area (Å²) in [7, 11) is -3.80. The average molecular weight is 481 g/mol. The number of carbonyl (C=O) groups is 1. The van der Waals surface area contributed by atoms with Crippen LogP contribution in [0.15, 0.2) is 45.8 Å². The van der Waals surface area contributed by atoms with E-state index in [1.165, 1.54) is 15.3 Å². The molecule has 3 aromatic rings. The van der Waals surface area contributed by atoms with E-state index in [0.717, 1.165) is 24.8 Å². The summed E-state index contributed by atoms with van der Waals surface area (Å²) >= 11 is 0. The van der Waals surface area contributed by atoms with E-state index < -0.39 is 10.0 Å². The number of nitrogens with zero attached hydrogens (tertiary/aromatic N) is 4. The Morgan fingerprint density at radius 1 is 1.15 bits per heavy atom. The second kappa shape index (κ2) is 7.83. The van der Waals surface area contributed by atoms with Crippen molar-refractivity contribution >= 4 is 27.3 Å². The SMILES string of the molecule is Cc1cc2c(cc1S(=O)(=O)N1CCc3ccccc31)OCC(=O)N2Cc1noc(C2CCC2)n1. The molecule has 0 radical (unpaired) electrons. The molecule has 6 rings (SSSR count). The fraction of sp³-hybridized carbons (Fsp3) is 0.375. The molecule has 0 N–H and O–H groups in total. The highest BCUT2D eigenvalue weighted by molar-refractivity contribution is 7.93. The Labute approximate surface area is 197 Å². The summed E-state index contributed by atoms with van der Waals surface area (Å²) in [5.74, 6) is 1.45. The summed E-state index contributed by atoms with van der Waals surface area (Å²) in [6, 6.07) is 10.7. The zero-order valence-corrected chi connectivity index (χ0v) is 19.5. The van der Waals surface area contributed by atoms with Crippen molar-refractivity contribution in [1.82, 2.24) is 10.1 Å². The van der Waals surface area contributed by atoms with Gasteiger partial charge >= 0.3 is 0 Å². The van der Waals surface area contributed by atoms with Crippen LogP contribution in [0.3, 0.4) is 0 Å². The Kier molecular flexibility index (Phi) is 4.87. The third kappa shape index (κ3) is 3.35. The lowest BCUT2D eigenvalue weighted by Gasteiger charge is -2.30. The van der Waals surface area contributed by atoms with Gasteiger partial charge in [0.1, 0.15) is 5.75 Å². The minimum Gasteiger partial charge on any atom is -0.482 e. The number of benzene rings is 2. The Bertz CT molecular complexity index is 1400. The molecule has 2 aliphatic heterocycles. The molecular weight excluding hydrogens is 456 g/mol. The van der Waals surface area contributed by atoms with E-state index in [1.807, 2.05) is 24.3 Å². The summed E-state index contributed by atoms with van der Waals surface area (Å²) in [5.41, 5.74) is 2.76. The molecule has 1 aromatic heterocycles. The first kappa shape index (κ1) is 21.2. The van der Waals surface area contributed by atoms with Crippen LogP contribution in [-0.4, -0.2) is 37.6 Å². The number of hydrogen-bond donors (Lipinski definition) is 0. The Balaban J connectivity index is 1.33. The maximum absolute atomic E-state index is 13.6. The first-order chi connectivity index (χ1) is 16.4. The average Bonchev–Trinajstić information content (AvgIpc) is 3.42. The Morgan fingerprint density at radius 2 is 1.97 bits per heavy atom. The smallest absolute Gasteiger partial charge is 0.265 e. The number of amides is 1. The predicted octanol–water partition coefficient (Wildman–Crippen LogP) is 3.32. The van der Waals surface area contributed by atoms with Gasteiger partial charge in [-0.25, -0.2) is 8.42 Å². The maximum Gasteiger partial charge on any atom is 0.265 e. The monoisotopic (exact) mass is 480 g/mol. The van der Waals surface area contributed by atoms with Gasteiger partial charge in [-0.1, -0.05) is 29.8 Å². The Morgan fingerprint density at radius 3 is 2.76 bits per heavy atom. The van der Waals surface area contributed by atoms with E-state index in [9.17, 15) is 13.2 Å². The van der Waals surface area contributed by atoms with Gasteiger partial charge in [-0.3, -0.25) is 14.0 Å². The molecule has 0 saturated heterocycles. The van der Waals surface area contributed by atoms with E-state index in [4.69, 9.17) is 9.26 Å². The van der Waals surface area contributed by atoms with Crippen LogP contribution in [0.2, 0.25) is 0 Å². The molecule has 10 heteroatoms. The van der Waals surface area contributed by atoms with Crippen LogP contribution in [0.4, 0.5) is 11.4 Å². The number of anilines is 2. The fourth-order valence-electron chi connectivity index (χ4n) is 4.75. The molecule has 0 unspecified atom stereocenters. The molecular formula is C24H24N4O5S. The molecule has 34 heavy (non-hydrogen) atoms. The maximum atomic E-state index is 13.6. The lowest BCUT2D eigenvalue weighted by molar-refractivity contribution is -0.121. The topological polar surface area (TPSA) is 106 Å². The molecule has 3 aliphatic rings. The van der Waals surface area contributed by atoms with Crippen molar-refractivity contribution in [1.29, 1.82) is 0 Å². The van der Waals surface area contributed by atoms with Crippen LogP contribution >= 0.6 is 0 Å². The highest BCUT2D eigenvalue weighted by Crippen LogP contribution is 2.40. The molecule has 1 fully saturated rings. The largest absolute Gasteiger partial charge is 0.482 e. The van der Waals surface area contributed by atoms with Crippen molar-refractivity contribution in [3.05, 3.63) is 59.2 Å². The molecule has 0 bridgehead atoms. The first-order valence-electron chi connectivity index (χ1n) is 11.4. The summed E-state index contributed by atoms with van der Waals surface area (Å²) in [6.07, 6.45) is 3.91.